The summed E-state index contributed by atoms with van der Waals surface area (Å²) >= 11 is 0. The maximum atomic E-state index is 12.2. The molecule has 0 radical (unpaired) electrons. The van der Waals surface area contributed by atoms with Gasteiger partial charge in [-0.25, -0.2) is 4.79 Å². The van der Waals surface area contributed by atoms with E-state index >= 15 is 0 Å². The summed E-state index contributed by atoms with van der Waals surface area (Å²) in [6.45, 7) is 0. The Morgan fingerprint density at radius 1 is 1.33 bits per heavy atom. The van der Waals surface area contributed by atoms with Gasteiger partial charge in [-0.05, 0) is 18.2 Å². The number of nitrogens with one attached hydrogen (secondary N) is 1. The number of nitrogens with zero attached hydrogens (tertiary/aromatic N) is 2. The lowest BCUT2D eigenvalue weighted by Crippen LogP contribution is -2.17. The van der Waals surface area contributed by atoms with Gasteiger partial charge in [-0.2, -0.15) is 8.42 Å². The van der Waals surface area contributed by atoms with Gasteiger partial charge in [-0.1, -0.05) is 0 Å². The number of sulfonamides is 1. The van der Waals surface area contributed by atoms with Gasteiger partial charge in [0, 0.05) is 20.3 Å². The highest BCUT2D eigenvalue weighted by Gasteiger charge is 2.22. The number of furan rings is 1. The van der Waals surface area contributed by atoms with Crippen molar-refractivity contribution < 1.29 is 22.7 Å². The molecule has 21 heavy (non-hydrogen) atoms. The van der Waals surface area contributed by atoms with Crippen LogP contribution in [-0.2, 0) is 10.0 Å². The van der Waals surface area contributed by atoms with Crippen molar-refractivity contribution in [1.82, 2.24) is 4.98 Å². The van der Waals surface area contributed by atoms with E-state index in [2.05, 4.69) is 9.71 Å². The smallest absolute Gasteiger partial charge is 0.371 e. The Morgan fingerprint density at radius 2 is 2.05 bits per heavy atom. The monoisotopic (exact) mass is 311 g/mol. The molecular formula is C12H13N3O5S. The van der Waals surface area contributed by atoms with E-state index < -0.39 is 26.8 Å². The van der Waals surface area contributed by atoms with Gasteiger partial charge in [-0.3, -0.25) is 9.71 Å². The third-order valence-electron chi connectivity index (χ3n) is 2.58. The normalized spacial score (nSPS) is 11.1. The summed E-state index contributed by atoms with van der Waals surface area (Å²) in [4.78, 5) is 16.3. The molecule has 9 heteroatoms. The summed E-state index contributed by atoms with van der Waals surface area (Å²) in [5.41, 5.74) is 0.870. The predicted molar refractivity (Wildman–Crippen MR) is 75.0 cm³/mol. The summed E-state index contributed by atoms with van der Waals surface area (Å²) in [7, 11) is -0.524. The van der Waals surface area contributed by atoms with Crippen molar-refractivity contribution in [2.45, 2.75) is 5.09 Å². The van der Waals surface area contributed by atoms with Gasteiger partial charge in [0.25, 0.3) is 10.0 Å². The molecule has 0 amide bonds. The zero-order valence-corrected chi connectivity index (χ0v) is 12.1. The first-order chi connectivity index (χ1) is 9.81. The topological polar surface area (TPSA) is 113 Å². The van der Waals surface area contributed by atoms with Gasteiger partial charge < -0.3 is 14.4 Å². The van der Waals surface area contributed by atoms with Gasteiger partial charge in [0.1, 0.15) is 0 Å². The first kappa shape index (κ1) is 14.9. The van der Waals surface area contributed by atoms with E-state index in [0.717, 1.165) is 12.1 Å². The number of hydrogen-bond donors (Lipinski definition) is 2. The molecule has 0 atom stereocenters. The number of aromatic carboxylic acids is 1. The standard InChI is InChI=1S/C12H13N3O5S/c1-15(2)9-5-6-13-7-8(9)14-21(18,19)11-4-3-10(20-11)12(16)17/h3-7,14H,1-2H3,(H,16,17). The summed E-state index contributed by atoms with van der Waals surface area (Å²) in [6, 6.07) is 3.80. The van der Waals surface area contributed by atoms with Crippen LogP contribution in [0, 0.1) is 0 Å². The minimum absolute atomic E-state index is 0.260. The van der Waals surface area contributed by atoms with E-state index in [-0.39, 0.29) is 5.69 Å². The van der Waals surface area contributed by atoms with E-state index in [9.17, 15) is 13.2 Å². The summed E-state index contributed by atoms with van der Waals surface area (Å²) in [5, 5.41) is 8.27. The fourth-order valence-corrected chi connectivity index (χ4v) is 2.62. The van der Waals surface area contributed by atoms with Crippen molar-refractivity contribution in [3.8, 4) is 0 Å². The van der Waals surface area contributed by atoms with Crippen LogP contribution in [0.25, 0.3) is 0 Å². The van der Waals surface area contributed by atoms with Crippen LogP contribution in [0.1, 0.15) is 10.6 Å². The largest absolute Gasteiger partial charge is 0.475 e. The number of rotatable bonds is 5. The number of aromatic nitrogens is 1. The molecular weight excluding hydrogens is 298 g/mol. The van der Waals surface area contributed by atoms with Crippen molar-refractivity contribution >= 4 is 27.4 Å². The van der Waals surface area contributed by atoms with Crippen molar-refractivity contribution in [2.75, 3.05) is 23.7 Å². The van der Waals surface area contributed by atoms with Crippen molar-refractivity contribution in [1.29, 1.82) is 0 Å². The average molecular weight is 311 g/mol. The summed E-state index contributed by atoms with van der Waals surface area (Å²) < 4.78 is 31.5. The second-order valence-electron chi connectivity index (χ2n) is 4.32. The van der Waals surface area contributed by atoms with Gasteiger partial charge in [-0.15, -0.1) is 0 Å². The maximum absolute atomic E-state index is 12.2. The average Bonchev–Trinajstić information content (AvgIpc) is 2.89. The van der Waals surface area contributed by atoms with E-state index in [1.807, 2.05) is 0 Å². The van der Waals surface area contributed by atoms with Crippen LogP contribution in [0.5, 0.6) is 0 Å². The highest BCUT2D eigenvalue weighted by Crippen LogP contribution is 2.25. The maximum Gasteiger partial charge on any atom is 0.371 e. The number of anilines is 2. The molecule has 2 N–H and O–H groups in total. The Balaban J connectivity index is 2.35. The number of pyridine rings is 1. The molecule has 2 rings (SSSR count). The molecule has 0 saturated carbocycles. The minimum atomic E-state index is -4.03. The molecule has 8 nitrogen and oxygen atoms in total. The molecule has 2 aromatic heterocycles. The molecule has 0 saturated heterocycles. The van der Waals surface area contributed by atoms with Crippen molar-refractivity contribution in [2.24, 2.45) is 0 Å². The lowest BCUT2D eigenvalue weighted by atomic mass is 10.3. The highest BCUT2D eigenvalue weighted by atomic mass is 32.2. The molecule has 0 unspecified atom stereocenters. The third-order valence-corrected chi connectivity index (χ3v) is 3.82. The molecule has 0 aliphatic rings. The molecule has 112 valence electrons. The van der Waals surface area contributed by atoms with E-state index in [4.69, 9.17) is 9.52 Å². The third kappa shape index (κ3) is 3.14. The molecule has 0 spiro atoms. The number of carboxylic acid groups (broad SMARTS) is 1. The molecule has 2 aromatic rings. The fraction of sp³-hybridized carbons (Fsp3) is 0.167. The van der Waals surface area contributed by atoms with Crippen LogP contribution in [0.15, 0.2) is 40.1 Å². The van der Waals surface area contributed by atoms with Gasteiger partial charge in [0.15, 0.2) is 0 Å². The first-order valence-corrected chi connectivity index (χ1v) is 7.27. The Hall–Kier alpha value is -2.55. The number of carboxylic acids is 1. The predicted octanol–water partition coefficient (Wildman–Crippen LogP) is 1.24. The summed E-state index contributed by atoms with van der Waals surface area (Å²) in [5.74, 6) is -1.79. The lowest BCUT2D eigenvalue weighted by molar-refractivity contribution is 0.0656. The van der Waals surface area contributed by atoms with Crippen molar-refractivity contribution in [3.05, 3.63) is 36.4 Å². The summed E-state index contributed by atoms with van der Waals surface area (Å²) in [6.07, 6.45) is 2.89. The number of carbonyl (C=O) groups is 1. The molecule has 0 bridgehead atoms. The second-order valence-corrected chi connectivity index (χ2v) is 5.93. The van der Waals surface area contributed by atoms with E-state index in [1.165, 1.54) is 12.4 Å². The highest BCUT2D eigenvalue weighted by molar-refractivity contribution is 7.92. The Bertz CT molecular complexity index is 767. The molecule has 0 fully saturated rings. The van der Waals surface area contributed by atoms with Crippen LogP contribution < -0.4 is 9.62 Å². The Labute approximate surface area is 121 Å². The Kier molecular flexibility index (Phi) is 3.85. The lowest BCUT2D eigenvalue weighted by Gasteiger charge is -2.17. The Morgan fingerprint density at radius 3 is 2.62 bits per heavy atom. The SMILES string of the molecule is CN(C)c1ccncc1NS(=O)(=O)c1ccc(C(=O)O)o1. The zero-order chi connectivity index (χ0) is 15.6. The molecule has 0 aliphatic carbocycles. The quantitative estimate of drug-likeness (QED) is 0.854. The van der Waals surface area contributed by atoms with Gasteiger partial charge >= 0.3 is 5.97 Å². The van der Waals surface area contributed by atoms with Crippen molar-refractivity contribution in [3.63, 3.8) is 0 Å². The fourth-order valence-electron chi connectivity index (χ4n) is 1.63. The van der Waals surface area contributed by atoms with E-state index in [0.29, 0.717) is 5.69 Å². The molecule has 0 aromatic carbocycles. The molecule has 0 aliphatic heterocycles. The van der Waals surface area contributed by atoms with Crippen LogP contribution in [-0.4, -0.2) is 38.6 Å². The van der Waals surface area contributed by atoms with Gasteiger partial charge in [0.2, 0.25) is 10.9 Å². The minimum Gasteiger partial charge on any atom is -0.475 e. The second kappa shape index (κ2) is 5.44. The van der Waals surface area contributed by atoms with Crippen LogP contribution in [0.2, 0.25) is 0 Å². The van der Waals surface area contributed by atoms with Gasteiger partial charge in [0.05, 0.1) is 17.6 Å². The van der Waals surface area contributed by atoms with E-state index in [1.54, 1.807) is 25.1 Å². The van der Waals surface area contributed by atoms with Crippen LogP contribution in [0.4, 0.5) is 11.4 Å². The number of hydrogen-bond acceptors (Lipinski definition) is 6. The zero-order valence-electron chi connectivity index (χ0n) is 11.3. The molecule has 2 heterocycles. The first-order valence-electron chi connectivity index (χ1n) is 5.78. The van der Waals surface area contributed by atoms with Crippen LogP contribution >= 0.6 is 0 Å². The van der Waals surface area contributed by atoms with Crippen LogP contribution in [0.3, 0.4) is 0 Å².